The zero-order chi connectivity index (χ0) is 15.3. The molecule has 0 amide bonds. The number of hydrogen-bond acceptors (Lipinski definition) is 2. The lowest BCUT2D eigenvalue weighted by molar-refractivity contribution is 0.425. The first-order chi connectivity index (χ1) is 10.1. The van der Waals surface area contributed by atoms with Crippen LogP contribution in [0.2, 0.25) is 0 Å². The number of nitrogens with zero attached hydrogens (tertiary/aromatic N) is 1. The van der Waals surface area contributed by atoms with Crippen LogP contribution in [0.15, 0.2) is 41.3 Å². The Bertz CT molecular complexity index is 638. The minimum Gasteiger partial charge on any atom is -0.218 e. The van der Waals surface area contributed by atoms with Crippen molar-refractivity contribution in [3.05, 3.63) is 42.0 Å². The molecular formula is C17H21NO2S. The van der Waals surface area contributed by atoms with Gasteiger partial charge >= 0.3 is 0 Å². The average molecular weight is 303 g/mol. The molecule has 0 heterocycles. The minimum absolute atomic E-state index is 0.249. The predicted molar refractivity (Wildman–Crippen MR) is 85.0 cm³/mol. The molecule has 1 aromatic rings. The van der Waals surface area contributed by atoms with Crippen LogP contribution in [0.25, 0.3) is 0 Å². The van der Waals surface area contributed by atoms with Crippen LogP contribution in [0.3, 0.4) is 0 Å². The molecule has 0 aliphatic heterocycles. The van der Waals surface area contributed by atoms with Crippen molar-refractivity contribution >= 4 is 10.0 Å². The zero-order valence-corrected chi connectivity index (χ0v) is 13.1. The molecule has 0 saturated carbocycles. The summed E-state index contributed by atoms with van der Waals surface area (Å²) in [5.74, 6) is 0. The van der Waals surface area contributed by atoms with Crippen LogP contribution in [0.5, 0.6) is 0 Å². The first kappa shape index (κ1) is 15.7. The number of allylic oxidation sites excluding steroid dienone is 1. The van der Waals surface area contributed by atoms with E-state index in [0.29, 0.717) is 0 Å². The van der Waals surface area contributed by atoms with E-state index in [9.17, 15) is 8.42 Å². The van der Waals surface area contributed by atoms with Gasteiger partial charge in [-0.25, -0.2) is 12.7 Å². The van der Waals surface area contributed by atoms with E-state index in [4.69, 9.17) is 6.42 Å². The molecule has 0 fully saturated rings. The molecular weight excluding hydrogens is 282 g/mol. The summed E-state index contributed by atoms with van der Waals surface area (Å²) in [6.45, 7) is 1.92. The number of benzene rings is 1. The normalized spacial score (nSPS) is 19.3. The van der Waals surface area contributed by atoms with Crippen molar-refractivity contribution in [1.82, 2.24) is 4.31 Å². The first-order valence-corrected chi connectivity index (χ1v) is 8.74. The van der Waals surface area contributed by atoms with Gasteiger partial charge < -0.3 is 0 Å². The zero-order valence-electron chi connectivity index (χ0n) is 12.3. The molecule has 1 aliphatic carbocycles. The van der Waals surface area contributed by atoms with Crippen molar-refractivity contribution in [3.8, 4) is 12.5 Å². The molecule has 112 valence electrons. The highest BCUT2D eigenvalue weighted by Gasteiger charge is 2.27. The van der Waals surface area contributed by atoms with Gasteiger partial charge in [0.15, 0.2) is 0 Å². The number of hydrogen-bond donors (Lipinski definition) is 0. The van der Waals surface area contributed by atoms with Gasteiger partial charge in [-0.1, -0.05) is 49.1 Å². The third kappa shape index (κ3) is 3.68. The summed E-state index contributed by atoms with van der Waals surface area (Å²) >= 11 is 0. The topological polar surface area (TPSA) is 37.4 Å². The fraction of sp³-hybridized carbons (Fsp3) is 0.412. The van der Waals surface area contributed by atoms with E-state index in [1.54, 1.807) is 24.3 Å². The molecule has 2 rings (SSSR count). The maximum absolute atomic E-state index is 12.7. The van der Waals surface area contributed by atoms with Gasteiger partial charge in [-0.3, -0.25) is 0 Å². The third-order valence-electron chi connectivity index (χ3n) is 3.74. The molecule has 0 saturated heterocycles. The molecule has 0 spiro atoms. The van der Waals surface area contributed by atoms with Crippen LogP contribution in [0.4, 0.5) is 0 Å². The van der Waals surface area contributed by atoms with E-state index in [2.05, 4.69) is 6.04 Å². The summed E-state index contributed by atoms with van der Waals surface area (Å²) in [4.78, 5) is 0.251. The van der Waals surface area contributed by atoms with Crippen molar-refractivity contribution in [3.63, 3.8) is 0 Å². The van der Waals surface area contributed by atoms with Crippen LogP contribution in [-0.2, 0) is 10.0 Å². The Hall–Kier alpha value is -1.73. The van der Waals surface area contributed by atoms with Crippen molar-refractivity contribution in [2.24, 2.45) is 0 Å². The van der Waals surface area contributed by atoms with Crippen molar-refractivity contribution in [2.45, 2.75) is 50.0 Å². The van der Waals surface area contributed by atoms with Crippen LogP contribution in [0.1, 0.15) is 37.7 Å². The van der Waals surface area contributed by atoms with E-state index in [1.165, 1.54) is 4.31 Å². The molecule has 0 bridgehead atoms. The smallest absolute Gasteiger partial charge is 0.218 e. The molecule has 21 heavy (non-hydrogen) atoms. The quantitative estimate of drug-likeness (QED) is 0.487. The van der Waals surface area contributed by atoms with Gasteiger partial charge in [0.25, 0.3) is 10.0 Å². The molecule has 1 aromatic carbocycles. The second-order valence-corrected chi connectivity index (χ2v) is 7.19. The molecule has 0 aromatic heterocycles. The number of rotatable bonds is 3. The highest BCUT2D eigenvalue weighted by molar-refractivity contribution is 7.89. The summed E-state index contributed by atoms with van der Waals surface area (Å²) in [5, 5.41) is 0. The molecule has 0 N–H and O–H groups in total. The summed E-state index contributed by atoms with van der Waals surface area (Å²) in [6, 6.07) is 8.92. The van der Waals surface area contributed by atoms with Crippen LogP contribution in [-0.4, -0.2) is 18.8 Å². The van der Waals surface area contributed by atoms with E-state index in [1.807, 2.05) is 19.1 Å². The van der Waals surface area contributed by atoms with Gasteiger partial charge in [-0.05, 0) is 38.3 Å². The fourth-order valence-electron chi connectivity index (χ4n) is 2.50. The number of terminal acetylenes is 1. The number of aryl methyl sites for hydroxylation is 1. The molecule has 3 nitrogen and oxygen atoms in total. The predicted octanol–water partition coefficient (Wildman–Crippen LogP) is 3.47. The Kier molecular flexibility index (Phi) is 5.08. The van der Waals surface area contributed by atoms with Gasteiger partial charge in [0.1, 0.15) is 0 Å². The van der Waals surface area contributed by atoms with Gasteiger partial charge in [-0.15, -0.1) is 0 Å². The minimum atomic E-state index is -3.65. The Labute approximate surface area is 127 Å². The second-order valence-electron chi connectivity index (χ2n) is 5.38. The maximum Gasteiger partial charge on any atom is 0.271 e. The molecule has 1 atom stereocenters. The Morgan fingerprint density at radius 2 is 1.90 bits per heavy atom. The second kappa shape index (κ2) is 6.82. The largest absolute Gasteiger partial charge is 0.271 e. The van der Waals surface area contributed by atoms with Crippen LogP contribution in [0, 0.1) is 19.4 Å². The molecule has 1 unspecified atom stereocenters. The summed E-state index contributed by atoms with van der Waals surface area (Å²) in [5.41, 5.74) is 1.02. The molecule has 4 heteroatoms. The van der Waals surface area contributed by atoms with E-state index in [-0.39, 0.29) is 10.9 Å². The molecule has 0 radical (unpaired) electrons. The van der Waals surface area contributed by atoms with Crippen molar-refractivity contribution in [2.75, 3.05) is 0 Å². The lowest BCUT2D eigenvalue weighted by atomic mass is 10.0. The number of sulfonamides is 1. The Morgan fingerprint density at radius 3 is 2.57 bits per heavy atom. The van der Waals surface area contributed by atoms with Crippen LogP contribution < -0.4 is 0 Å². The van der Waals surface area contributed by atoms with E-state index in [0.717, 1.165) is 37.7 Å². The lowest BCUT2D eigenvalue weighted by Crippen LogP contribution is -2.35. The highest BCUT2D eigenvalue weighted by Crippen LogP contribution is 2.23. The van der Waals surface area contributed by atoms with Gasteiger partial charge in [0, 0.05) is 6.04 Å². The SMILES string of the molecule is C#CN(C1C=CCCCCC1)S(=O)(=O)c1ccc(C)cc1. The van der Waals surface area contributed by atoms with Gasteiger partial charge in [0.05, 0.1) is 10.9 Å². The van der Waals surface area contributed by atoms with Crippen LogP contribution >= 0.6 is 0 Å². The van der Waals surface area contributed by atoms with E-state index >= 15 is 0 Å². The van der Waals surface area contributed by atoms with Crippen molar-refractivity contribution < 1.29 is 8.42 Å². The van der Waals surface area contributed by atoms with Gasteiger partial charge in [0.2, 0.25) is 0 Å². The fourth-order valence-corrected chi connectivity index (χ4v) is 3.88. The summed E-state index contributed by atoms with van der Waals surface area (Å²) in [6.07, 6.45) is 14.5. The van der Waals surface area contributed by atoms with E-state index < -0.39 is 10.0 Å². The van der Waals surface area contributed by atoms with Crippen molar-refractivity contribution in [1.29, 1.82) is 0 Å². The summed E-state index contributed by atoms with van der Waals surface area (Å²) < 4.78 is 26.6. The average Bonchev–Trinajstić information content (AvgIpc) is 2.42. The lowest BCUT2D eigenvalue weighted by Gasteiger charge is -2.26. The Balaban J connectivity index is 2.32. The summed E-state index contributed by atoms with van der Waals surface area (Å²) in [7, 11) is -3.65. The monoisotopic (exact) mass is 303 g/mol. The Morgan fingerprint density at radius 1 is 1.19 bits per heavy atom. The highest BCUT2D eigenvalue weighted by atomic mass is 32.2. The molecule has 1 aliphatic rings. The van der Waals surface area contributed by atoms with Gasteiger partial charge in [-0.2, -0.15) is 0 Å². The standard InChI is InChI=1S/C17H21NO2S/c1-3-18(16-9-7-5-4-6-8-10-16)21(19,20)17-13-11-15(2)12-14-17/h1,7,9,11-14,16H,4-6,8,10H2,2H3. The third-order valence-corrected chi connectivity index (χ3v) is 5.50. The maximum atomic E-state index is 12.7. The first-order valence-electron chi connectivity index (χ1n) is 7.30.